The van der Waals surface area contributed by atoms with Crippen molar-refractivity contribution in [2.24, 2.45) is 5.41 Å². The van der Waals surface area contributed by atoms with Crippen molar-refractivity contribution in [3.05, 3.63) is 22.1 Å². The zero-order valence-corrected chi connectivity index (χ0v) is 9.31. The van der Waals surface area contributed by atoms with Gasteiger partial charge in [-0.25, -0.2) is 0 Å². The lowest BCUT2D eigenvalue weighted by molar-refractivity contribution is -0.122. The van der Waals surface area contributed by atoms with E-state index in [0.717, 1.165) is 0 Å². The average molecular weight is 211 g/mol. The van der Waals surface area contributed by atoms with Gasteiger partial charge < -0.3 is 10.4 Å². The summed E-state index contributed by atoms with van der Waals surface area (Å²) >= 11 is 0. The van der Waals surface area contributed by atoms with Crippen molar-refractivity contribution in [1.82, 2.24) is 15.5 Å². The number of hydrogen-bond donors (Lipinski definition) is 3. The Kier molecular flexibility index (Phi) is 3.34. The van der Waals surface area contributed by atoms with E-state index in [-0.39, 0.29) is 16.9 Å². The summed E-state index contributed by atoms with van der Waals surface area (Å²) in [4.78, 5) is 22.2. The molecule has 0 radical (unpaired) electrons. The maximum absolute atomic E-state index is 11.4. The van der Waals surface area contributed by atoms with Gasteiger partial charge in [-0.05, 0) is 5.41 Å². The molecule has 0 fully saturated rings. The van der Waals surface area contributed by atoms with E-state index in [0.29, 0.717) is 18.7 Å². The molecule has 0 aliphatic rings. The molecule has 0 aliphatic heterocycles. The normalized spacial score (nSPS) is 11.4. The van der Waals surface area contributed by atoms with Gasteiger partial charge in [-0.3, -0.25) is 14.7 Å². The highest BCUT2D eigenvalue weighted by atomic mass is 16.1. The van der Waals surface area contributed by atoms with Gasteiger partial charge in [-0.2, -0.15) is 0 Å². The maximum Gasteiger partial charge on any atom is 0.264 e. The molecule has 15 heavy (non-hydrogen) atoms. The van der Waals surface area contributed by atoms with Gasteiger partial charge in [0.15, 0.2) is 0 Å². The summed E-state index contributed by atoms with van der Waals surface area (Å²) in [5, 5.41) is 7.82. The van der Waals surface area contributed by atoms with Crippen LogP contribution in [0.4, 0.5) is 0 Å². The third-order valence-electron chi connectivity index (χ3n) is 1.82. The predicted molar refractivity (Wildman–Crippen MR) is 57.3 cm³/mol. The van der Waals surface area contributed by atoms with Gasteiger partial charge in [0.1, 0.15) is 0 Å². The summed E-state index contributed by atoms with van der Waals surface area (Å²) in [5.74, 6) is -0.00968. The van der Waals surface area contributed by atoms with Crippen LogP contribution in [-0.2, 0) is 11.3 Å². The fourth-order valence-electron chi connectivity index (χ4n) is 1.21. The van der Waals surface area contributed by atoms with Crippen molar-refractivity contribution in [3.8, 4) is 0 Å². The summed E-state index contributed by atoms with van der Waals surface area (Å²) in [6.45, 7) is 6.37. The van der Waals surface area contributed by atoms with Crippen molar-refractivity contribution >= 4 is 5.91 Å². The maximum atomic E-state index is 11.4. The number of carbonyl (C=O) groups excluding carboxylic acids is 1. The number of amides is 1. The Morgan fingerprint density at radius 1 is 1.40 bits per heavy atom. The van der Waals surface area contributed by atoms with Crippen molar-refractivity contribution in [3.63, 3.8) is 0 Å². The first-order chi connectivity index (χ1) is 6.87. The topological polar surface area (TPSA) is 77.8 Å². The standard InChI is InChI=1S/C10H17N3O2/c1-10(2,3)5-9(15)11-6-7-4-8(14)13-12-7/h4H,5-6H2,1-3H3,(H,11,15)(H2,12,13,14). The SMILES string of the molecule is CC(C)(C)CC(=O)NCc1cc(=O)[nH][nH]1. The van der Waals surface area contributed by atoms with E-state index >= 15 is 0 Å². The highest BCUT2D eigenvalue weighted by molar-refractivity contribution is 5.76. The Hall–Kier alpha value is -1.52. The fraction of sp³-hybridized carbons (Fsp3) is 0.600. The van der Waals surface area contributed by atoms with E-state index in [1.165, 1.54) is 6.07 Å². The Balaban J connectivity index is 2.38. The van der Waals surface area contributed by atoms with Crippen molar-refractivity contribution in [1.29, 1.82) is 0 Å². The molecule has 0 atom stereocenters. The number of carbonyl (C=O) groups is 1. The van der Waals surface area contributed by atoms with E-state index in [9.17, 15) is 9.59 Å². The van der Waals surface area contributed by atoms with Crippen molar-refractivity contribution in [2.75, 3.05) is 0 Å². The molecule has 0 saturated heterocycles. The van der Waals surface area contributed by atoms with Gasteiger partial charge in [0.05, 0.1) is 12.2 Å². The minimum absolute atomic E-state index is 0.00968. The van der Waals surface area contributed by atoms with Crippen LogP contribution in [0, 0.1) is 5.41 Å². The van der Waals surface area contributed by atoms with E-state index in [1.54, 1.807) is 0 Å². The van der Waals surface area contributed by atoms with Crippen LogP contribution in [0.1, 0.15) is 32.9 Å². The Labute approximate surface area is 88.3 Å². The number of nitrogens with one attached hydrogen (secondary N) is 3. The van der Waals surface area contributed by atoms with Crippen LogP contribution in [0.2, 0.25) is 0 Å². The quantitative estimate of drug-likeness (QED) is 0.690. The van der Waals surface area contributed by atoms with Crippen LogP contribution in [0.3, 0.4) is 0 Å². The molecule has 1 amide bonds. The Bertz CT molecular complexity index is 384. The van der Waals surface area contributed by atoms with Crippen LogP contribution in [-0.4, -0.2) is 16.1 Å². The third-order valence-corrected chi connectivity index (χ3v) is 1.82. The van der Waals surface area contributed by atoms with E-state index in [4.69, 9.17) is 0 Å². The third kappa shape index (κ3) is 4.49. The van der Waals surface area contributed by atoms with Crippen LogP contribution in [0.15, 0.2) is 10.9 Å². The lowest BCUT2D eigenvalue weighted by Gasteiger charge is -2.16. The summed E-state index contributed by atoms with van der Waals surface area (Å²) in [5.41, 5.74) is 0.479. The van der Waals surface area contributed by atoms with Crippen molar-refractivity contribution < 1.29 is 4.79 Å². The number of H-pyrrole nitrogens is 2. The second-order valence-corrected chi connectivity index (χ2v) is 4.80. The first kappa shape index (κ1) is 11.6. The first-order valence-corrected chi connectivity index (χ1v) is 4.90. The van der Waals surface area contributed by atoms with Gasteiger partial charge in [-0.1, -0.05) is 20.8 Å². The van der Waals surface area contributed by atoms with E-state index in [1.807, 2.05) is 20.8 Å². The lowest BCUT2D eigenvalue weighted by Crippen LogP contribution is -2.27. The molecule has 0 spiro atoms. The molecule has 5 nitrogen and oxygen atoms in total. The number of aromatic nitrogens is 2. The minimum atomic E-state index is -0.185. The summed E-state index contributed by atoms with van der Waals surface area (Å²) < 4.78 is 0. The molecular formula is C10H17N3O2. The number of rotatable bonds is 3. The Morgan fingerprint density at radius 2 is 2.07 bits per heavy atom. The lowest BCUT2D eigenvalue weighted by atomic mass is 9.92. The first-order valence-electron chi connectivity index (χ1n) is 4.90. The number of hydrogen-bond acceptors (Lipinski definition) is 2. The van der Waals surface area contributed by atoms with Gasteiger partial charge in [0.2, 0.25) is 5.91 Å². The predicted octanol–water partition coefficient (Wildman–Crippen LogP) is 0.755. The van der Waals surface area contributed by atoms with Gasteiger partial charge in [-0.15, -0.1) is 0 Å². The van der Waals surface area contributed by atoms with E-state index in [2.05, 4.69) is 15.5 Å². The smallest absolute Gasteiger partial charge is 0.264 e. The molecule has 1 heterocycles. The fourth-order valence-corrected chi connectivity index (χ4v) is 1.21. The molecule has 0 saturated carbocycles. The molecule has 1 rings (SSSR count). The second-order valence-electron chi connectivity index (χ2n) is 4.80. The van der Waals surface area contributed by atoms with Crippen LogP contribution in [0.5, 0.6) is 0 Å². The van der Waals surface area contributed by atoms with Crippen LogP contribution in [0.25, 0.3) is 0 Å². The largest absolute Gasteiger partial charge is 0.350 e. The summed E-state index contributed by atoms with van der Waals surface area (Å²) in [6.07, 6.45) is 0.474. The van der Waals surface area contributed by atoms with Gasteiger partial charge in [0.25, 0.3) is 5.56 Å². The molecule has 0 bridgehead atoms. The Morgan fingerprint density at radius 3 is 2.53 bits per heavy atom. The van der Waals surface area contributed by atoms with Crippen LogP contribution >= 0.6 is 0 Å². The highest BCUT2D eigenvalue weighted by Crippen LogP contribution is 2.17. The zero-order chi connectivity index (χ0) is 11.5. The number of aromatic amines is 2. The monoisotopic (exact) mass is 211 g/mol. The molecule has 0 aromatic carbocycles. The van der Waals surface area contributed by atoms with Gasteiger partial charge in [0, 0.05) is 12.5 Å². The molecular weight excluding hydrogens is 194 g/mol. The second kappa shape index (κ2) is 4.33. The highest BCUT2D eigenvalue weighted by Gasteiger charge is 2.15. The van der Waals surface area contributed by atoms with Gasteiger partial charge >= 0.3 is 0 Å². The molecule has 84 valence electrons. The minimum Gasteiger partial charge on any atom is -0.350 e. The van der Waals surface area contributed by atoms with Crippen LogP contribution < -0.4 is 10.9 Å². The van der Waals surface area contributed by atoms with E-state index < -0.39 is 0 Å². The summed E-state index contributed by atoms with van der Waals surface area (Å²) in [6, 6.07) is 1.43. The summed E-state index contributed by atoms with van der Waals surface area (Å²) in [7, 11) is 0. The molecule has 0 aliphatic carbocycles. The molecule has 1 aromatic rings. The molecule has 1 aromatic heterocycles. The molecule has 3 N–H and O–H groups in total. The zero-order valence-electron chi connectivity index (χ0n) is 9.31. The average Bonchev–Trinajstić information content (AvgIpc) is 2.45. The molecule has 0 unspecified atom stereocenters. The van der Waals surface area contributed by atoms with Crippen molar-refractivity contribution in [2.45, 2.75) is 33.7 Å². The molecule has 5 heteroatoms.